The highest BCUT2D eigenvalue weighted by molar-refractivity contribution is 7.86. The van der Waals surface area contributed by atoms with Crippen molar-refractivity contribution in [2.45, 2.75) is 11.0 Å². The highest BCUT2D eigenvalue weighted by Crippen LogP contribution is 2.19. The van der Waals surface area contributed by atoms with Crippen molar-refractivity contribution >= 4 is 15.8 Å². The summed E-state index contributed by atoms with van der Waals surface area (Å²) in [7, 11) is -4.20. The summed E-state index contributed by atoms with van der Waals surface area (Å²) in [6.07, 6.45) is -1.33. The van der Waals surface area contributed by atoms with Gasteiger partial charge in [0.05, 0.1) is 18.1 Å². The maximum Gasteiger partial charge on any atom is 0.297 e. The monoisotopic (exact) mass is 277 g/mol. The third kappa shape index (κ3) is 3.74. The van der Waals surface area contributed by atoms with Gasteiger partial charge in [-0.3, -0.25) is 14.3 Å². The average molecular weight is 277 g/mol. The van der Waals surface area contributed by atoms with Crippen LogP contribution >= 0.6 is 0 Å². The molecule has 1 aromatic carbocycles. The molecule has 1 rings (SSSR count). The third-order valence-corrected chi connectivity index (χ3v) is 3.22. The molecule has 0 aliphatic carbocycles. The number of aliphatic hydroxyl groups excluding tert-OH is 2. The predicted molar refractivity (Wildman–Crippen MR) is 59.3 cm³/mol. The lowest BCUT2D eigenvalue weighted by atomic mass is 10.3. The molecule has 0 spiro atoms. The van der Waals surface area contributed by atoms with Crippen molar-refractivity contribution in [2.24, 2.45) is 0 Å². The van der Waals surface area contributed by atoms with Crippen LogP contribution in [0.1, 0.15) is 0 Å². The number of nitrogens with zero attached hydrogens (tertiary/aromatic N) is 1. The Morgan fingerprint density at radius 3 is 2.67 bits per heavy atom. The molecule has 0 saturated carbocycles. The number of rotatable bonds is 6. The summed E-state index contributed by atoms with van der Waals surface area (Å²) in [5.74, 6) is 0. The zero-order valence-electron chi connectivity index (χ0n) is 9.09. The van der Waals surface area contributed by atoms with Gasteiger partial charge in [0.15, 0.2) is 0 Å². The number of hydrogen-bond acceptors (Lipinski definition) is 7. The Kier molecular flexibility index (Phi) is 4.73. The molecule has 100 valence electrons. The molecule has 0 bridgehead atoms. The van der Waals surface area contributed by atoms with E-state index >= 15 is 0 Å². The Morgan fingerprint density at radius 1 is 1.44 bits per heavy atom. The number of benzene rings is 1. The number of non-ortho nitro benzene ring substituents is 1. The summed E-state index contributed by atoms with van der Waals surface area (Å²) in [6, 6.07) is 4.33. The SMILES string of the molecule is O=[N+]([O-])c1cccc(S(=O)(=O)OCC(O)CO)c1. The predicted octanol–water partition coefficient (Wildman–Crippen LogP) is -0.347. The average Bonchev–Trinajstić information content (AvgIpc) is 2.36. The summed E-state index contributed by atoms with van der Waals surface area (Å²) in [5.41, 5.74) is -0.387. The first kappa shape index (κ1) is 14.5. The van der Waals surface area contributed by atoms with Crippen molar-refractivity contribution in [2.75, 3.05) is 13.2 Å². The molecule has 1 atom stereocenters. The molecule has 9 heteroatoms. The van der Waals surface area contributed by atoms with E-state index in [9.17, 15) is 18.5 Å². The van der Waals surface area contributed by atoms with E-state index in [4.69, 9.17) is 10.2 Å². The smallest absolute Gasteiger partial charge is 0.297 e. The van der Waals surface area contributed by atoms with Crippen molar-refractivity contribution in [1.29, 1.82) is 0 Å². The number of aliphatic hydroxyl groups is 2. The van der Waals surface area contributed by atoms with Crippen LogP contribution < -0.4 is 0 Å². The van der Waals surface area contributed by atoms with E-state index in [1.807, 2.05) is 0 Å². The van der Waals surface area contributed by atoms with Crippen LogP contribution in [0.15, 0.2) is 29.2 Å². The largest absolute Gasteiger partial charge is 0.394 e. The highest BCUT2D eigenvalue weighted by atomic mass is 32.2. The minimum absolute atomic E-state index is 0.387. The van der Waals surface area contributed by atoms with Crippen molar-refractivity contribution in [1.82, 2.24) is 0 Å². The second-order valence-electron chi connectivity index (χ2n) is 3.33. The molecule has 0 aliphatic heterocycles. The number of hydrogen-bond donors (Lipinski definition) is 2. The molecule has 0 heterocycles. The minimum atomic E-state index is -4.20. The van der Waals surface area contributed by atoms with Crippen molar-refractivity contribution in [3.05, 3.63) is 34.4 Å². The Balaban J connectivity index is 2.91. The number of nitro groups is 1. The van der Waals surface area contributed by atoms with Gasteiger partial charge < -0.3 is 10.2 Å². The molecular formula is C9H11NO7S. The fraction of sp³-hybridized carbons (Fsp3) is 0.333. The van der Waals surface area contributed by atoms with E-state index in [1.54, 1.807) is 0 Å². The molecule has 0 amide bonds. The summed E-state index contributed by atoms with van der Waals surface area (Å²) < 4.78 is 27.6. The zero-order valence-corrected chi connectivity index (χ0v) is 9.91. The van der Waals surface area contributed by atoms with Crippen molar-refractivity contribution in [3.8, 4) is 0 Å². The second-order valence-corrected chi connectivity index (χ2v) is 4.94. The fourth-order valence-electron chi connectivity index (χ4n) is 1.04. The zero-order chi connectivity index (χ0) is 13.8. The Labute approximate surface area is 103 Å². The summed E-state index contributed by atoms with van der Waals surface area (Å²) in [5, 5.41) is 28.0. The Morgan fingerprint density at radius 2 is 2.11 bits per heavy atom. The van der Waals surface area contributed by atoms with Gasteiger partial charge in [0, 0.05) is 12.1 Å². The van der Waals surface area contributed by atoms with Crippen LogP contribution in [0.5, 0.6) is 0 Å². The summed E-state index contributed by atoms with van der Waals surface area (Å²) >= 11 is 0. The first-order chi connectivity index (χ1) is 8.36. The van der Waals surface area contributed by atoms with Gasteiger partial charge in [-0.05, 0) is 6.07 Å². The van der Waals surface area contributed by atoms with Crippen LogP contribution in [-0.2, 0) is 14.3 Å². The maximum absolute atomic E-state index is 11.6. The third-order valence-electron chi connectivity index (χ3n) is 1.94. The maximum atomic E-state index is 11.6. The molecule has 8 nitrogen and oxygen atoms in total. The molecule has 0 saturated heterocycles. The lowest BCUT2D eigenvalue weighted by Gasteiger charge is -2.08. The molecule has 2 N–H and O–H groups in total. The number of nitro benzene ring substituents is 1. The van der Waals surface area contributed by atoms with E-state index in [2.05, 4.69) is 4.18 Å². The van der Waals surface area contributed by atoms with Crippen LogP contribution in [-0.4, -0.2) is 42.9 Å². The van der Waals surface area contributed by atoms with E-state index in [0.717, 1.165) is 18.2 Å². The lowest BCUT2D eigenvalue weighted by Crippen LogP contribution is -2.22. The molecule has 0 aliphatic rings. The van der Waals surface area contributed by atoms with Crippen LogP contribution in [0, 0.1) is 10.1 Å². The summed E-state index contributed by atoms with van der Waals surface area (Å²) in [4.78, 5) is 9.37. The van der Waals surface area contributed by atoms with Gasteiger partial charge in [-0.15, -0.1) is 0 Å². The van der Waals surface area contributed by atoms with E-state index in [0.29, 0.717) is 0 Å². The van der Waals surface area contributed by atoms with E-state index in [1.165, 1.54) is 6.07 Å². The quantitative estimate of drug-likeness (QED) is 0.413. The van der Waals surface area contributed by atoms with Crippen LogP contribution in [0.4, 0.5) is 5.69 Å². The first-order valence-corrected chi connectivity index (χ1v) is 6.20. The second kappa shape index (κ2) is 5.87. The van der Waals surface area contributed by atoms with Crippen LogP contribution in [0.2, 0.25) is 0 Å². The Bertz CT molecular complexity index is 527. The van der Waals surface area contributed by atoms with Gasteiger partial charge in [0.25, 0.3) is 15.8 Å². The van der Waals surface area contributed by atoms with Gasteiger partial charge in [0.2, 0.25) is 0 Å². The standard InChI is InChI=1S/C9H11NO7S/c11-5-8(12)6-17-18(15,16)9-3-1-2-7(4-9)10(13)14/h1-4,8,11-12H,5-6H2. The van der Waals surface area contributed by atoms with Crippen molar-refractivity contribution in [3.63, 3.8) is 0 Å². The molecular weight excluding hydrogens is 266 g/mol. The molecule has 1 unspecified atom stereocenters. The lowest BCUT2D eigenvalue weighted by molar-refractivity contribution is -0.385. The Hall–Kier alpha value is -1.55. The van der Waals surface area contributed by atoms with Crippen LogP contribution in [0.3, 0.4) is 0 Å². The molecule has 0 aromatic heterocycles. The molecule has 1 aromatic rings. The molecule has 0 radical (unpaired) electrons. The van der Waals surface area contributed by atoms with Gasteiger partial charge in [-0.1, -0.05) is 6.07 Å². The minimum Gasteiger partial charge on any atom is -0.394 e. The van der Waals surface area contributed by atoms with Crippen molar-refractivity contribution < 1.29 is 27.7 Å². The van der Waals surface area contributed by atoms with Gasteiger partial charge in [-0.25, -0.2) is 0 Å². The van der Waals surface area contributed by atoms with Crippen LogP contribution in [0.25, 0.3) is 0 Å². The van der Waals surface area contributed by atoms with Gasteiger partial charge >= 0.3 is 0 Å². The molecule has 0 fully saturated rings. The first-order valence-electron chi connectivity index (χ1n) is 4.79. The normalized spacial score (nSPS) is 13.2. The van der Waals surface area contributed by atoms with Gasteiger partial charge in [0.1, 0.15) is 11.0 Å². The van der Waals surface area contributed by atoms with E-state index in [-0.39, 0.29) is 10.6 Å². The summed E-state index contributed by atoms with van der Waals surface area (Å²) in [6.45, 7) is -1.27. The van der Waals surface area contributed by atoms with Gasteiger partial charge in [-0.2, -0.15) is 8.42 Å². The molecule has 18 heavy (non-hydrogen) atoms. The van der Waals surface area contributed by atoms with E-state index < -0.39 is 34.4 Å². The topological polar surface area (TPSA) is 127 Å². The fourth-order valence-corrected chi connectivity index (χ4v) is 2.02. The highest BCUT2D eigenvalue weighted by Gasteiger charge is 2.19.